The highest BCUT2D eigenvalue weighted by molar-refractivity contribution is 5.97. The lowest BCUT2D eigenvalue weighted by Crippen LogP contribution is -2.56. The van der Waals surface area contributed by atoms with E-state index in [4.69, 9.17) is 4.74 Å². The highest BCUT2D eigenvalue weighted by atomic mass is 16.5. The molecule has 0 saturated heterocycles. The monoisotopic (exact) mass is 578 g/mol. The minimum absolute atomic E-state index is 0.0541. The molecule has 0 aliphatic heterocycles. The molecule has 0 bridgehead atoms. The first kappa shape index (κ1) is 30.6. The number of amides is 3. The number of esters is 1. The molecule has 43 heavy (non-hydrogen) atoms. The maximum Gasteiger partial charge on any atom is 0.329 e. The summed E-state index contributed by atoms with van der Waals surface area (Å²) in [5.74, 6) is -2.23. The number of carbonyl (C=O) groups is 4. The summed E-state index contributed by atoms with van der Waals surface area (Å²) in [5.41, 5.74) is 2.62. The van der Waals surface area contributed by atoms with E-state index in [-0.39, 0.29) is 25.1 Å². The van der Waals surface area contributed by atoms with Crippen LogP contribution in [0.2, 0.25) is 0 Å². The van der Waals surface area contributed by atoms with Crippen LogP contribution in [0, 0.1) is 0 Å². The lowest BCUT2D eigenvalue weighted by Gasteiger charge is -2.24. The zero-order valence-corrected chi connectivity index (χ0v) is 23.8. The number of hydrogen-bond acceptors (Lipinski definition) is 6. The van der Waals surface area contributed by atoms with Crippen LogP contribution in [0.5, 0.6) is 0 Å². The quantitative estimate of drug-likeness (QED) is 0.209. The Morgan fingerprint density at radius 3 is 1.70 bits per heavy atom. The van der Waals surface area contributed by atoms with Crippen molar-refractivity contribution in [2.75, 3.05) is 0 Å². The van der Waals surface area contributed by atoms with Gasteiger partial charge in [-0.1, -0.05) is 97.1 Å². The fourth-order valence-electron chi connectivity index (χ4n) is 4.33. The highest BCUT2D eigenvalue weighted by Gasteiger charge is 2.30. The van der Waals surface area contributed by atoms with Gasteiger partial charge in [0.25, 0.3) is 5.91 Å². The zero-order valence-electron chi connectivity index (χ0n) is 23.8. The predicted octanol–water partition coefficient (Wildman–Crippen LogP) is 3.40. The maximum atomic E-state index is 13.7. The molecule has 0 fully saturated rings. The molecule has 3 atom stereocenters. The molecule has 4 aromatic rings. The van der Waals surface area contributed by atoms with Gasteiger partial charge in [-0.3, -0.25) is 19.4 Å². The largest absolute Gasteiger partial charge is 0.459 e. The van der Waals surface area contributed by atoms with Crippen LogP contribution in [-0.2, 0) is 38.6 Å². The molecule has 0 spiro atoms. The number of nitrogens with zero attached hydrogens (tertiary/aromatic N) is 1. The molecule has 1 aromatic heterocycles. The van der Waals surface area contributed by atoms with Gasteiger partial charge in [-0.2, -0.15) is 0 Å². The van der Waals surface area contributed by atoms with Crippen molar-refractivity contribution in [3.05, 3.63) is 138 Å². The Morgan fingerprint density at radius 1 is 0.628 bits per heavy atom. The number of ether oxygens (including phenoxy) is 1. The zero-order chi connectivity index (χ0) is 30.4. The van der Waals surface area contributed by atoms with E-state index in [1.54, 1.807) is 12.1 Å². The highest BCUT2D eigenvalue weighted by Crippen LogP contribution is 2.10. The second-order valence-electron chi connectivity index (χ2n) is 10.0. The predicted molar refractivity (Wildman–Crippen MR) is 162 cm³/mol. The van der Waals surface area contributed by atoms with Gasteiger partial charge in [0.05, 0.1) is 0 Å². The van der Waals surface area contributed by atoms with Crippen LogP contribution < -0.4 is 16.0 Å². The molecular formula is C34H34N4O5. The second kappa shape index (κ2) is 15.6. The van der Waals surface area contributed by atoms with E-state index in [1.165, 1.54) is 19.2 Å². The summed E-state index contributed by atoms with van der Waals surface area (Å²) in [6, 6.07) is 29.6. The van der Waals surface area contributed by atoms with Gasteiger partial charge in [0.15, 0.2) is 0 Å². The summed E-state index contributed by atoms with van der Waals surface area (Å²) in [6.45, 7) is 1.57. The molecule has 0 aliphatic carbocycles. The molecule has 9 heteroatoms. The van der Waals surface area contributed by atoms with Crippen LogP contribution in [0.4, 0.5) is 0 Å². The smallest absolute Gasteiger partial charge is 0.329 e. The third-order valence-corrected chi connectivity index (χ3v) is 6.66. The van der Waals surface area contributed by atoms with Crippen LogP contribution in [0.3, 0.4) is 0 Å². The second-order valence-corrected chi connectivity index (χ2v) is 10.0. The SMILES string of the molecule is C[C@H](NC(=O)c1ccccn1)C(=O)N[C@@H](Cc1ccccc1)C(=O)N[C@@H](Cc1ccccc1)C(=O)OCc1ccccc1. The number of rotatable bonds is 13. The Morgan fingerprint density at radius 2 is 1.14 bits per heavy atom. The van der Waals surface area contributed by atoms with E-state index in [9.17, 15) is 19.2 Å². The van der Waals surface area contributed by atoms with Gasteiger partial charge in [-0.15, -0.1) is 0 Å². The third kappa shape index (κ3) is 9.64. The molecule has 4 rings (SSSR count). The first-order chi connectivity index (χ1) is 20.9. The van der Waals surface area contributed by atoms with Crippen molar-refractivity contribution in [3.63, 3.8) is 0 Å². The minimum Gasteiger partial charge on any atom is -0.459 e. The Kier molecular flexibility index (Phi) is 11.1. The van der Waals surface area contributed by atoms with Crippen molar-refractivity contribution in [2.45, 2.75) is 44.5 Å². The number of nitrogens with one attached hydrogen (secondary N) is 3. The van der Waals surface area contributed by atoms with Crippen LogP contribution in [0.25, 0.3) is 0 Å². The molecule has 0 radical (unpaired) electrons. The van der Waals surface area contributed by atoms with Crippen molar-refractivity contribution in [2.24, 2.45) is 0 Å². The Balaban J connectivity index is 1.49. The number of benzene rings is 3. The Bertz CT molecular complexity index is 1480. The number of pyridine rings is 1. The lowest BCUT2D eigenvalue weighted by molar-refractivity contribution is -0.149. The summed E-state index contributed by atoms with van der Waals surface area (Å²) >= 11 is 0. The van der Waals surface area contributed by atoms with Gasteiger partial charge in [-0.25, -0.2) is 4.79 Å². The van der Waals surface area contributed by atoms with Gasteiger partial charge in [-0.05, 0) is 35.7 Å². The maximum absolute atomic E-state index is 13.7. The molecule has 0 saturated carbocycles. The number of hydrogen-bond donors (Lipinski definition) is 3. The van der Waals surface area contributed by atoms with Crippen LogP contribution in [-0.4, -0.2) is 46.8 Å². The van der Waals surface area contributed by atoms with Crippen molar-refractivity contribution in [3.8, 4) is 0 Å². The summed E-state index contributed by atoms with van der Waals surface area (Å²) in [5, 5.41) is 8.17. The van der Waals surface area contributed by atoms with Gasteiger partial charge < -0.3 is 20.7 Å². The van der Waals surface area contributed by atoms with Crippen molar-refractivity contribution in [1.29, 1.82) is 0 Å². The average molecular weight is 579 g/mol. The van der Waals surface area contributed by atoms with Crippen molar-refractivity contribution in [1.82, 2.24) is 20.9 Å². The van der Waals surface area contributed by atoms with Crippen LogP contribution >= 0.6 is 0 Å². The van der Waals surface area contributed by atoms with E-state index >= 15 is 0 Å². The van der Waals surface area contributed by atoms with E-state index in [2.05, 4.69) is 20.9 Å². The fourth-order valence-corrected chi connectivity index (χ4v) is 4.33. The van der Waals surface area contributed by atoms with Gasteiger partial charge >= 0.3 is 5.97 Å². The fraction of sp³-hybridized carbons (Fsp3) is 0.206. The third-order valence-electron chi connectivity index (χ3n) is 6.66. The van der Waals surface area contributed by atoms with E-state index in [1.807, 2.05) is 91.0 Å². The normalized spacial score (nSPS) is 12.7. The molecule has 0 unspecified atom stereocenters. The summed E-state index contributed by atoms with van der Waals surface area (Å²) in [4.78, 5) is 56.7. The molecular weight excluding hydrogens is 544 g/mol. The van der Waals surface area contributed by atoms with Crippen LogP contribution in [0.1, 0.15) is 34.1 Å². The standard InChI is InChI=1S/C34H34N4O5/c1-24(36-32(40)28-19-11-12-20-35-28)31(39)37-29(21-25-13-5-2-6-14-25)33(41)38-30(22-26-15-7-3-8-16-26)34(42)43-23-27-17-9-4-10-18-27/h2-20,24,29-30H,21-23H2,1H3,(H,36,40)(H,37,39)(H,38,41)/t24-,29-,30-/m0/s1. The first-order valence-corrected chi connectivity index (χ1v) is 14.0. The number of carbonyl (C=O) groups excluding carboxylic acids is 4. The van der Waals surface area contributed by atoms with Gasteiger partial charge in [0, 0.05) is 19.0 Å². The molecule has 3 aromatic carbocycles. The summed E-state index contributed by atoms with van der Waals surface area (Å²) in [7, 11) is 0. The van der Waals surface area contributed by atoms with Crippen LogP contribution in [0.15, 0.2) is 115 Å². The molecule has 220 valence electrons. The van der Waals surface area contributed by atoms with E-state index in [0.717, 1.165) is 16.7 Å². The Labute approximate surface area is 250 Å². The minimum atomic E-state index is -1.04. The molecule has 9 nitrogen and oxygen atoms in total. The molecule has 1 heterocycles. The summed E-state index contributed by atoms with van der Waals surface area (Å²) < 4.78 is 5.57. The lowest BCUT2D eigenvalue weighted by atomic mass is 10.0. The average Bonchev–Trinajstić information content (AvgIpc) is 3.04. The summed E-state index contributed by atoms with van der Waals surface area (Å²) in [6.07, 6.45) is 1.84. The van der Waals surface area contributed by atoms with Crippen molar-refractivity contribution >= 4 is 23.7 Å². The van der Waals surface area contributed by atoms with Crippen molar-refractivity contribution < 1.29 is 23.9 Å². The molecule has 0 aliphatic rings. The van der Waals surface area contributed by atoms with E-state index in [0.29, 0.717) is 0 Å². The number of aromatic nitrogens is 1. The molecule has 3 N–H and O–H groups in total. The first-order valence-electron chi connectivity index (χ1n) is 14.0. The topological polar surface area (TPSA) is 126 Å². The Hall–Kier alpha value is -5.31. The van der Waals surface area contributed by atoms with E-state index < -0.39 is 41.8 Å². The van der Waals surface area contributed by atoms with Gasteiger partial charge in [0.2, 0.25) is 11.8 Å². The van der Waals surface area contributed by atoms with Gasteiger partial charge in [0.1, 0.15) is 30.4 Å². The molecule has 3 amide bonds.